The normalized spacial score (nSPS) is 12.3. The largest absolute Gasteiger partial charge is 0.508 e. The van der Waals surface area contributed by atoms with Crippen LogP contribution in [0.15, 0.2) is 89.1 Å². The third-order valence-corrected chi connectivity index (χ3v) is 11.3. The molecule has 276 valence electrons. The number of nitrogens with zero attached hydrogens (tertiary/aromatic N) is 1. The highest BCUT2D eigenvalue weighted by atomic mass is 32.2. The fourth-order valence-corrected chi connectivity index (χ4v) is 8.56. The van der Waals surface area contributed by atoms with E-state index in [0.29, 0.717) is 10.1 Å². The number of hydrogen-bond donors (Lipinski definition) is 6. The van der Waals surface area contributed by atoms with E-state index in [0.717, 1.165) is 29.5 Å². The van der Waals surface area contributed by atoms with E-state index in [1.807, 2.05) is 4.72 Å². The lowest BCUT2D eigenvalue weighted by molar-refractivity contribution is 0.0936. The molecule has 15 nitrogen and oxygen atoms in total. The third-order valence-electron chi connectivity index (χ3n) is 7.10. The van der Waals surface area contributed by atoms with E-state index in [1.54, 1.807) is 6.07 Å². The van der Waals surface area contributed by atoms with E-state index in [2.05, 4.69) is 10.6 Å². The van der Waals surface area contributed by atoms with Crippen molar-refractivity contribution >= 4 is 50.9 Å². The van der Waals surface area contributed by atoms with E-state index in [4.69, 9.17) is 19.3 Å². The summed E-state index contributed by atoms with van der Waals surface area (Å²) >= 11 is 0.812. The SMILES string of the molecule is N#Cc1ccc(OP(=O)(O)CNS(=O)(=O)c2cc3cc(OCCNC(=O)c4cccc(O)c4)c(OCCNC(=O)c4cccc(O)c4)cc3s2)cc1F. The molecule has 2 amide bonds. The number of rotatable bonds is 16. The molecule has 0 aliphatic heterocycles. The van der Waals surface area contributed by atoms with Crippen molar-refractivity contribution in [3.05, 3.63) is 107 Å². The predicted molar refractivity (Wildman–Crippen MR) is 190 cm³/mol. The number of benzene rings is 4. The first-order valence-corrected chi connectivity index (χ1v) is 19.5. The summed E-state index contributed by atoms with van der Waals surface area (Å²) in [6.45, 7) is -0.0179. The third kappa shape index (κ3) is 10.4. The van der Waals surface area contributed by atoms with Crippen molar-refractivity contribution in [2.45, 2.75) is 4.21 Å². The maximum absolute atomic E-state index is 13.9. The second kappa shape index (κ2) is 16.8. The Labute approximate surface area is 305 Å². The number of halogens is 1. The molecule has 5 rings (SSSR count). The maximum atomic E-state index is 13.9. The highest BCUT2D eigenvalue weighted by Gasteiger charge is 2.27. The number of carbonyl (C=O) groups excluding carboxylic acids is 2. The number of ether oxygens (including phenoxy) is 2. The van der Waals surface area contributed by atoms with Gasteiger partial charge >= 0.3 is 7.60 Å². The first kappa shape index (κ1) is 38.5. The fraction of sp³-hybridized carbons (Fsp3) is 0.147. The number of aromatic hydroxyl groups is 2. The summed E-state index contributed by atoms with van der Waals surface area (Å²) in [5, 5.41) is 33.9. The van der Waals surface area contributed by atoms with E-state index in [-0.39, 0.29) is 76.0 Å². The number of thiophene rings is 1. The number of nitrogens with one attached hydrogen (secondary N) is 3. The highest BCUT2D eigenvalue weighted by molar-refractivity contribution is 7.92. The Morgan fingerprint density at radius 2 is 1.43 bits per heavy atom. The molecule has 1 aromatic heterocycles. The molecule has 0 aliphatic rings. The van der Waals surface area contributed by atoms with Gasteiger partial charge in [0.2, 0.25) is 0 Å². The lowest BCUT2D eigenvalue weighted by atomic mass is 10.2. The highest BCUT2D eigenvalue weighted by Crippen LogP contribution is 2.43. The summed E-state index contributed by atoms with van der Waals surface area (Å²) in [5.41, 5.74) is 0.152. The molecule has 0 aliphatic carbocycles. The van der Waals surface area contributed by atoms with Gasteiger partial charge in [0.15, 0.2) is 11.5 Å². The van der Waals surface area contributed by atoms with Crippen LogP contribution in [-0.2, 0) is 14.6 Å². The van der Waals surface area contributed by atoms with Crippen molar-refractivity contribution in [3.63, 3.8) is 0 Å². The summed E-state index contributed by atoms with van der Waals surface area (Å²) < 4.78 is 71.8. The van der Waals surface area contributed by atoms with Gasteiger partial charge in [-0.25, -0.2) is 17.4 Å². The minimum absolute atomic E-state index is 0.0392. The second-order valence-corrected chi connectivity index (χ2v) is 15.9. The second-order valence-electron chi connectivity index (χ2n) is 11.0. The van der Waals surface area contributed by atoms with Crippen LogP contribution in [0.5, 0.6) is 28.7 Å². The topological polar surface area (TPSA) is 234 Å². The lowest BCUT2D eigenvalue weighted by Gasteiger charge is -2.14. The first-order chi connectivity index (χ1) is 25.2. The maximum Gasteiger partial charge on any atom is 0.391 e. The van der Waals surface area contributed by atoms with Crippen molar-refractivity contribution in [2.75, 3.05) is 32.6 Å². The van der Waals surface area contributed by atoms with Crippen LogP contribution in [-0.4, -0.2) is 67.9 Å². The van der Waals surface area contributed by atoms with Gasteiger partial charge in [-0.3, -0.25) is 9.59 Å². The molecular weight excluding hydrogens is 754 g/mol. The van der Waals surface area contributed by atoms with Crippen LogP contribution >= 0.6 is 18.9 Å². The molecule has 0 saturated heterocycles. The number of sulfonamides is 1. The predicted octanol–water partition coefficient (Wildman–Crippen LogP) is 4.44. The fourth-order valence-electron chi connectivity index (χ4n) is 4.61. The van der Waals surface area contributed by atoms with Gasteiger partial charge in [-0.2, -0.15) is 9.98 Å². The van der Waals surface area contributed by atoms with Crippen LogP contribution in [0.3, 0.4) is 0 Å². The summed E-state index contributed by atoms with van der Waals surface area (Å²) in [6.07, 6.45) is -1.06. The zero-order chi connectivity index (χ0) is 38.2. The lowest BCUT2D eigenvalue weighted by Crippen LogP contribution is -2.28. The standard InChI is InChI=1S/C34H30FN4O11PS2/c35-28-17-27(8-7-23(28)19-36)50-51(44,45)20-39-53(46,47)32-16-24-15-29(48-11-9-37-33(42)21-3-1-5-25(40)13-21)30(18-31(24)52-32)49-12-10-38-34(43)22-4-2-6-26(41)14-22/h1-8,13-18,39-41H,9-12,20H2,(H,37,42)(H,38,43)(H,44,45). The van der Waals surface area contributed by atoms with Crippen molar-refractivity contribution in [1.82, 2.24) is 15.4 Å². The number of phenols is 2. The Balaban J connectivity index is 1.28. The Hall–Kier alpha value is -5.70. The Morgan fingerprint density at radius 3 is 1.98 bits per heavy atom. The molecule has 53 heavy (non-hydrogen) atoms. The molecule has 6 N–H and O–H groups in total. The van der Waals surface area contributed by atoms with Gasteiger partial charge in [0.25, 0.3) is 21.8 Å². The van der Waals surface area contributed by atoms with E-state index < -0.39 is 41.5 Å². The Morgan fingerprint density at radius 1 is 0.849 bits per heavy atom. The molecule has 1 atom stereocenters. The molecule has 0 fully saturated rings. The minimum Gasteiger partial charge on any atom is -0.508 e. The summed E-state index contributed by atoms with van der Waals surface area (Å²) in [5.74, 6) is -2.10. The van der Waals surface area contributed by atoms with Gasteiger partial charge < -0.3 is 39.7 Å². The van der Waals surface area contributed by atoms with Crippen LogP contribution in [0, 0.1) is 17.1 Å². The van der Waals surface area contributed by atoms with E-state index in [1.165, 1.54) is 66.7 Å². The Bertz CT molecular complexity index is 2260. The van der Waals surface area contributed by atoms with Crippen LogP contribution in [0.4, 0.5) is 4.39 Å². The zero-order valence-corrected chi connectivity index (χ0v) is 29.8. The first-order valence-electron chi connectivity index (χ1n) is 15.4. The molecule has 0 radical (unpaired) electrons. The quantitative estimate of drug-likeness (QED) is 0.0602. The molecule has 19 heteroatoms. The van der Waals surface area contributed by atoms with Gasteiger partial charge in [-0.05, 0) is 66.0 Å². The van der Waals surface area contributed by atoms with Crippen molar-refractivity contribution in [3.8, 4) is 34.8 Å². The number of carbonyl (C=O) groups is 2. The number of amides is 2. The molecule has 0 spiro atoms. The van der Waals surface area contributed by atoms with Crippen LogP contribution in [0.25, 0.3) is 10.1 Å². The Kier molecular flexibility index (Phi) is 12.2. The molecule has 1 heterocycles. The van der Waals surface area contributed by atoms with Gasteiger partial charge in [0, 0.05) is 28.0 Å². The molecule has 4 aromatic carbocycles. The van der Waals surface area contributed by atoms with Gasteiger partial charge in [0.05, 0.1) is 18.7 Å². The number of nitriles is 1. The summed E-state index contributed by atoms with van der Waals surface area (Å²) in [4.78, 5) is 35.2. The summed E-state index contributed by atoms with van der Waals surface area (Å²) in [6, 6.07) is 20.3. The monoisotopic (exact) mass is 784 g/mol. The molecular formula is C34H30FN4O11PS2. The summed E-state index contributed by atoms with van der Waals surface area (Å²) in [7, 11) is -9.06. The molecule has 5 aromatic rings. The smallest absolute Gasteiger partial charge is 0.391 e. The molecule has 0 saturated carbocycles. The average molecular weight is 785 g/mol. The van der Waals surface area contributed by atoms with Crippen molar-refractivity contribution < 1.29 is 56.1 Å². The van der Waals surface area contributed by atoms with Crippen molar-refractivity contribution in [2.24, 2.45) is 0 Å². The van der Waals surface area contributed by atoms with Gasteiger partial charge in [-0.15, -0.1) is 11.3 Å². The number of phenolic OH excluding ortho intramolecular Hbond substituents is 2. The zero-order valence-electron chi connectivity index (χ0n) is 27.3. The minimum atomic E-state index is -4.68. The van der Waals surface area contributed by atoms with E-state index in [9.17, 15) is 42.1 Å². The van der Waals surface area contributed by atoms with Crippen molar-refractivity contribution in [1.29, 1.82) is 5.26 Å². The van der Waals surface area contributed by atoms with Gasteiger partial charge in [0.1, 0.15) is 52.8 Å². The van der Waals surface area contributed by atoms with Crippen LogP contribution in [0.2, 0.25) is 0 Å². The van der Waals surface area contributed by atoms with Gasteiger partial charge in [-0.1, -0.05) is 12.1 Å². The van der Waals surface area contributed by atoms with Crippen LogP contribution in [0.1, 0.15) is 26.3 Å². The van der Waals surface area contributed by atoms with E-state index >= 15 is 0 Å². The number of hydrogen-bond acceptors (Lipinski definition) is 12. The number of fused-ring (bicyclic) bond motifs is 1. The molecule has 0 bridgehead atoms. The average Bonchev–Trinajstić information content (AvgIpc) is 3.55. The molecule has 1 unspecified atom stereocenters. The van der Waals surface area contributed by atoms with Crippen LogP contribution < -0.4 is 29.4 Å².